The van der Waals surface area contributed by atoms with Crippen molar-refractivity contribution in [1.29, 1.82) is 0 Å². The molecule has 118 valence electrons. The van der Waals surface area contributed by atoms with Gasteiger partial charge in [0.05, 0.1) is 11.4 Å². The number of anilines is 1. The van der Waals surface area contributed by atoms with Gasteiger partial charge in [0.1, 0.15) is 6.26 Å². The van der Waals surface area contributed by atoms with Gasteiger partial charge in [-0.05, 0) is 6.92 Å². The van der Waals surface area contributed by atoms with Crippen LogP contribution in [0.4, 0.5) is 6.01 Å². The molecule has 23 heavy (non-hydrogen) atoms. The van der Waals surface area contributed by atoms with E-state index in [2.05, 4.69) is 20.5 Å². The van der Waals surface area contributed by atoms with Crippen LogP contribution >= 0.6 is 11.8 Å². The van der Waals surface area contributed by atoms with Gasteiger partial charge in [0.15, 0.2) is 5.82 Å². The van der Waals surface area contributed by atoms with Crippen LogP contribution in [0.1, 0.15) is 5.69 Å². The molecule has 0 radical (unpaired) electrons. The minimum absolute atomic E-state index is 0.117. The first-order chi connectivity index (χ1) is 11.1. The van der Waals surface area contributed by atoms with Crippen LogP contribution in [0.25, 0.3) is 11.4 Å². The number of nitrogens with two attached hydrogens (primary N) is 1. The number of amides is 1. The molecule has 0 saturated heterocycles. The molecule has 0 saturated carbocycles. The van der Waals surface area contributed by atoms with Gasteiger partial charge < -0.3 is 10.3 Å². The zero-order valence-electron chi connectivity index (χ0n) is 12.3. The molecular formula is C14H14N6O2S. The van der Waals surface area contributed by atoms with E-state index in [-0.39, 0.29) is 17.7 Å². The number of thioether (sulfide) groups is 1. The fourth-order valence-electron chi connectivity index (χ4n) is 1.86. The molecule has 3 rings (SSSR count). The van der Waals surface area contributed by atoms with Crippen LogP contribution in [-0.4, -0.2) is 31.5 Å². The first-order valence-corrected chi connectivity index (χ1v) is 7.73. The van der Waals surface area contributed by atoms with E-state index in [0.717, 1.165) is 5.56 Å². The molecule has 3 aromatic rings. The molecular weight excluding hydrogens is 316 g/mol. The number of carbonyl (C=O) groups is 1. The van der Waals surface area contributed by atoms with Crippen molar-refractivity contribution in [3.63, 3.8) is 0 Å². The smallest absolute Gasteiger partial charge is 0.301 e. The van der Waals surface area contributed by atoms with Crippen LogP contribution in [0, 0.1) is 6.92 Å². The number of aryl methyl sites for hydroxylation is 1. The highest BCUT2D eigenvalue weighted by molar-refractivity contribution is 7.99. The van der Waals surface area contributed by atoms with Gasteiger partial charge in [-0.3, -0.25) is 10.1 Å². The highest BCUT2D eigenvalue weighted by Crippen LogP contribution is 2.21. The number of nitrogen functional groups attached to an aromatic ring is 1. The highest BCUT2D eigenvalue weighted by atomic mass is 32.2. The van der Waals surface area contributed by atoms with Crippen molar-refractivity contribution >= 4 is 23.7 Å². The van der Waals surface area contributed by atoms with Gasteiger partial charge in [0.25, 0.3) is 0 Å². The lowest BCUT2D eigenvalue weighted by Crippen LogP contribution is -2.16. The molecule has 2 heterocycles. The number of rotatable bonds is 5. The average Bonchev–Trinajstić information content (AvgIpc) is 3.12. The Morgan fingerprint density at radius 1 is 1.35 bits per heavy atom. The summed E-state index contributed by atoms with van der Waals surface area (Å²) in [6, 6.07) is 9.64. The Hall–Kier alpha value is -2.81. The first-order valence-electron chi connectivity index (χ1n) is 6.74. The van der Waals surface area contributed by atoms with E-state index in [0.29, 0.717) is 16.7 Å². The summed E-state index contributed by atoms with van der Waals surface area (Å²) in [5.74, 6) is 6.38. The average molecular weight is 330 g/mol. The number of nitrogens with zero attached hydrogens (tertiary/aromatic N) is 4. The maximum Gasteiger partial charge on any atom is 0.301 e. The molecule has 1 aromatic carbocycles. The molecule has 9 heteroatoms. The van der Waals surface area contributed by atoms with Gasteiger partial charge >= 0.3 is 6.01 Å². The van der Waals surface area contributed by atoms with Crippen molar-refractivity contribution < 1.29 is 9.21 Å². The molecule has 0 spiro atoms. The number of nitrogens with one attached hydrogen (secondary N) is 1. The van der Waals surface area contributed by atoms with Crippen molar-refractivity contribution in [2.45, 2.75) is 12.1 Å². The Labute approximate surface area is 136 Å². The van der Waals surface area contributed by atoms with Crippen LogP contribution in [0.2, 0.25) is 0 Å². The number of oxazole rings is 1. The lowest BCUT2D eigenvalue weighted by molar-refractivity contribution is -0.113. The topological polar surface area (TPSA) is 112 Å². The molecule has 0 aliphatic rings. The fraction of sp³-hybridized carbons (Fsp3) is 0.143. The van der Waals surface area contributed by atoms with Crippen LogP contribution in [0.5, 0.6) is 0 Å². The Morgan fingerprint density at radius 2 is 2.13 bits per heavy atom. The predicted molar refractivity (Wildman–Crippen MR) is 86.2 cm³/mol. The Morgan fingerprint density at radius 3 is 2.83 bits per heavy atom. The maximum absolute atomic E-state index is 11.9. The summed E-state index contributed by atoms with van der Waals surface area (Å²) >= 11 is 1.18. The standard InChI is InChI=1S/C14H14N6O2S/c1-9-7-22-13(16-9)17-11(21)8-23-14-19-18-12(20(14)15)10-5-3-2-4-6-10/h2-7H,8,15H2,1H3,(H,16,17,21). The van der Waals surface area contributed by atoms with Crippen molar-refractivity contribution in [2.24, 2.45) is 0 Å². The summed E-state index contributed by atoms with van der Waals surface area (Å²) < 4.78 is 6.43. The Kier molecular flexibility index (Phi) is 4.29. The predicted octanol–water partition coefficient (Wildman–Crippen LogP) is 1.69. The van der Waals surface area contributed by atoms with Crippen molar-refractivity contribution in [2.75, 3.05) is 16.9 Å². The van der Waals surface area contributed by atoms with E-state index in [1.807, 2.05) is 30.3 Å². The lowest BCUT2D eigenvalue weighted by Gasteiger charge is -2.03. The second kappa shape index (κ2) is 6.53. The molecule has 0 aliphatic heterocycles. The van der Waals surface area contributed by atoms with E-state index in [4.69, 9.17) is 10.3 Å². The van der Waals surface area contributed by atoms with Crippen molar-refractivity contribution in [3.05, 3.63) is 42.3 Å². The van der Waals surface area contributed by atoms with Crippen LogP contribution in [0.15, 0.2) is 46.2 Å². The van der Waals surface area contributed by atoms with Crippen LogP contribution < -0.4 is 11.2 Å². The van der Waals surface area contributed by atoms with Gasteiger partial charge in [-0.1, -0.05) is 42.1 Å². The number of hydrogen-bond donors (Lipinski definition) is 2. The Bertz CT molecular complexity index is 814. The van der Waals surface area contributed by atoms with E-state index >= 15 is 0 Å². The van der Waals surface area contributed by atoms with Crippen molar-refractivity contribution in [3.8, 4) is 11.4 Å². The van der Waals surface area contributed by atoms with Crippen LogP contribution in [0.3, 0.4) is 0 Å². The zero-order valence-corrected chi connectivity index (χ0v) is 13.1. The third-order valence-corrected chi connectivity index (χ3v) is 3.84. The zero-order chi connectivity index (χ0) is 16.2. The summed E-state index contributed by atoms with van der Waals surface area (Å²) in [5.41, 5.74) is 1.55. The maximum atomic E-state index is 11.9. The van der Waals surface area contributed by atoms with Crippen LogP contribution in [-0.2, 0) is 4.79 Å². The molecule has 0 fully saturated rings. The number of benzene rings is 1. The summed E-state index contributed by atoms with van der Waals surface area (Å²) in [5, 5.41) is 11.1. The van der Waals surface area contributed by atoms with Crippen molar-refractivity contribution in [1.82, 2.24) is 19.9 Å². The van der Waals surface area contributed by atoms with Gasteiger partial charge in [-0.15, -0.1) is 10.2 Å². The number of hydrogen-bond acceptors (Lipinski definition) is 7. The second-order valence-electron chi connectivity index (χ2n) is 4.67. The normalized spacial score (nSPS) is 10.7. The van der Waals surface area contributed by atoms with Gasteiger partial charge in [0.2, 0.25) is 11.1 Å². The molecule has 2 aromatic heterocycles. The molecule has 3 N–H and O–H groups in total. The Balaban J connectivity index is 1.63. The lowest BCUT2D eigenvalue weighted by atomic mass is 10.2. The van der Waals surface area contributed by atoms with Gasteiger partial charge in [-0.2, -0.15) is 4.98 Å². The summed E-state index contributed by atoms with van der Waals surface area (Å²) in [6.07, 6.45) is 1.46. The molecule has 8 nitrogen and oxygen atoms in total. The van der Waals surface area contributed by atoms with E-state index < -0.39 is 0 Å². The van der Waals surface area contributed by atoms with E-state index in [1.54, 1.807) is 6.92 Å². The molecule has 0 unspecified atom stereocenters. The third kappa shape index (κ3) is 3.51. The summed E-state index contributed by atoms with van der Waals surface area (Å²) in [6.45, 7) is 1.77. The number of aromatic nitrogens is 4. The largest absolute Gasteiger partial charge is 0.432 e. The monoisotopic (exact) mass is 330 g/mol. The fourth-order valence-corrected chi connectivity index (χ4v) is 2.51. The molecule has 0 bridgehead atoms. The minimum Gasteiger partial charge on any atom is -0.432 e. The minimum atomic E-state index is -0.263. The number of carbonyl (C=O) groups excluding carboxylic acids is 1. The molecule has 0 aliphatic carbocycles. The second-order valence-corrected chi connectivity index (χ2v) is 5.62. The highest BCUT2D eigenvalue weighted by Gasteiger charge is 2.14. The molecule has 0 atom stereocenters. The van der Waals surface area contributed by atoms with Gasteiger partial charge in [0, 0.05) is 5.56 Å². The summed E-state index contributed by atoms with van der Waals surface area (Å²) in [4.78, 5) is 15.9. The third-order valence-electron chi connectivity index (χ3n) is 2.89. The van der Waals surface area contributed by atoms with E-state index in [9.17, 15) is 4.79 Å². The SMILES string of the molecule is Cc1coc(NC(=O)CSc2nnc(-c3ccccc3)n2N)n1. The molecule has 1 amide bonds. The van der Waals surface area contributed by atoms with Gasteiger partial charge in [-0.25, -0.2) is 4.68 Å². The quantitative estimate of drug-likeness (QED) is 0.540. The summed E-state index contributed by atoms with van der Waals surface area (Å²) in [7, 11) is 0. The van der Waals surface area contributed by atoms with E-state index in [1.165, 1.54) is 22.7 Å². The first kappa shape index (κ1) is 15.1.